The van der Waals surface area contributed by atoms with E-state index in [1.165, 1.54) is 11.1 Å². The van der Waals surface area contributed by atoms with Gasteiger partial charge in [-0.3, -0.25) is 4.79 Å². The van der Waals surface area contributed by atoms with Gasteiger partial charge in [0.05, 0.1) is 5.69 Å². The second-order valence-corrected chi connectivity index (χ2v) is 7.11. The third-order valence-corrected chi connectivity index (χ3v) is 4.97. The van der Waals surface area contributed by atoms with E-state index in [1.807, 2.05) is 31.2 Å². The van der Waals surface area contributed by atoms with E-state index >= 15 is 0 Å². The standard InChI is InChI=1S/C22H22N4O2/c1-13-5-4-8-18(21(13)27)25-20-12-16(23)11-19(26-20)22(28)24-17-9-14-6-2-3-7-15(14)10-17/h2-8,11-12,17,27H,9-10H2,1H3,(H,24,28)(H3,23,25,26). The summed E-state index contributed by atoms with van der Waals surface area (Å²) in [6.45, 7) is 1.81. The summed E-state index contributed by atoms with van der Waals surface area (Å²) in [6, 6.07) is 16.8. The van der Waals surface area contributed by atoms with E-state index in [-0.39, 0.29) is 23.4 Å². The van der Waals surface area contributed by atoms with Crippen LogP contribution in [0.3, 0.4) is 0 Å². The minimum absolute atomic E-state index is 0.0466. The number of aryl methyl sites for hydroxylation is 1. The third-order valence-electron chi connectivity index (χ3n) is 4.97. The van der Waals surface area contributed by atoms with Crippen LogP contribution in [-0.4, -0.2) is 22.0 Å². The molecule has 0 aliphatic heterocycles. The summed E-state index contributed by atoms with van der Waals surface area (Å²) in [7, 11) is 0. The van der Waals surface area contributed by atoms with E-state index in [4.69, 9.17) is 5.73 Å². The van der Waals surface area contributed by atoms with Crippen molar-refractivity contribution in [2.24, 2.45) is 0 Å². The molecule has 28 heavy (non-hydrogen) atoms. The largest absolute Gasteiger partial charge is 0.505 e. The number of amides is 1. The van der Waals surface area contributed by atoms with Crippen LogP contribution < -0.4 is 16.4 Å². The van der Waals surface area contributed by atoms with Crippen LogP contribution in [0.2, 0.25) is 0 Å². The average Bonchev–Trinajstić information content (AvgIpc) is 3.07. The zero-order chi connectivity index (χ0) is 19.7. The molecule has 0 saturated heterocycles. The first kappa shape index (κ1) is 17.9. The van der Waals surface area contributed by atoms with E-state index in [0.717, 1.165) is 18.4 Å². The van der Waals surface area contributed by atoms with Crippen LogP contribution in [0.5, 0.6) is 5.75 Å². The van der Waals surface area contributed by atoms with Crippen molar-refractivity contribution < 1.29 is 9.90 Å². The smallest absolute Gasteiger partial charge is 0.270 e. The number of nitrogens with two attached hydrogens (primary N) is 1. The molecule has 1 heterocycles. The van der Waals surface area contributed by atoms with Crippen molar-refractivity contribution in [3.05, 3.63) is 77.0 Å². The minimum atomic E-state index is -0.262. The van der Waals surface area contributed by atoms with Crippen LogP contribution in [0.1, 0.15) is 27.2 Å². The molecule has 0 bridgehead atoms. The molecule has 1 aromatic heterocycles. The Bertz CT molecular complexity index is 1020. The molecular formula is C22H22N4O2. The normalized spacial score (nSPS) is 13.2. The molecule has 2 aromatic carbocycles. The maximum Gasteiger partial charge on any atom is 0.270 e. The van der Waals surface area contributed by atoms with Crippen molar-refractivity contribution in [3.63, 3.8) is 0 Å². The first-order valence-electron chi connectivity index (χ1n) is 9.20. The lowest BCUT2D eigenvalue weighted by molar-refractivity contribution is 0.0933. The number of fused-ring (bicyclic) bond motifs is 1. The number of rotatable bonds is 4. The predicted octanol–water partition coefficient (Wildman–Crippen LogP) is 3.32. The Hall–Kier alpha value is -3.54. The molecule has 5 N–H and O–H groups in total. The molecule has 3 aromatic rings. The van der Waals surface area contributed by atoms with Gasteiger partial charge in [-0.05, 0) is 48.6 Å². The number of phenolic OH excluding ortho intramolecular Hbond substituents is 1. The number of hydrogen-bond donors (Lipinski definition) is 4. The van der Waals surface area contributed by atoms with Gasteiger partial charge >= 0.3 is 0 Å². The lowest BCUT2D eigenvalue weighted by Crippen LogP contribution is -2.35. The minimum Gasteiger partial charge on any atom is -0.505 e. The van der Waals surface area contributed by atoms with Gasteiger partial charge in [-0.2, -0.15) is 0 Å². The summed E-state index contributed by atoms with van der Waals surface area (Å²) < 4.78 is 0. The molecule has 1 aliphatic rings. The Morgan fingerprint density at radius 3 is 2.54 bits per heavy atom. The average molecular weight is 374 g/mol. The molecule has 1 aliphatic carbocycles. The van der Waals surface area contributed by atoms with Gasteiger partial charge in [0.2, 0.25) is 0 Å². The number of aromatic nitrogens is 1. The zero-order valence-electron chi connectivity index (χ0n) is 15.6. The van der Waals surface area contributed by atoms with Gasteiger partial charge in [0.1, 0.15) is 17.3 Å². The third kappa shape index (κ3) is 3.62. The molecule has 6 nitrogen and oxygen atoms in total. The van der Waals surface area contributed by atoms with Crippen LogP contribution in [0.15, 0.2) is 54.6 Å². The van der Waals surface area contributed by atoms with Crippen LogP contribution in [-0.2, 0) is 12.8 Å². The van der Waals surface area contributed by atoms with Gasteiger partial charge < -0.3 is 21.5 Å². The number of para-hydroxylation sites is 1. The summed E-state index contributed by atoms with van der Waals surface area (Å²) in [5, 5.41) is 16.3. The highest BCUT2D eigenvalue weighted by Crippen LogP contribution is 2.29. The van der Waals surface area contributed by atoms with Gasteiger partial charge in [0.25, 0.3) is 5.91 Å². The number of carbonyl (C=O) groups excluding carboxylic acids is 1. The first-order valence-corrected chi connectivity index (χ1v) is 9.20. The number of hydrogen-bond acceptors (Lipinski definition) is 5. The van der Waals surface area contributed by atoms with E-state index in [0.29, 0.717) is 17.2 Å². The molecule has 142 valence electrons. The molecular weight excluding hydrogens is 352 g/mol. The molecule has 1 amide bonds. The predicted molar refractivity (Wildman–Crippen MR) is 110 cm³/mol. The molecule has 0 unspecified atom stereocenters. The number of nitrogen functional groups attached to an aromatic ring is 1. The SMILES string of the molecule is Cc1cccc(Nc2cc(N)cc(C(=O)NC3Cc4ccccc4C3)n2)c1O. The topological polar surface area (TPSA) is 100 Å². The fraction of sp³-hybridized carbons (Fsp3) is 0.182. The Morgan fingerprint density at radius 1 is 1.11 bits per heavy atom. The Labute approximate surface area is 163 Å². The Kier molecular flexibility index (Phi) is 4.61. The maximum absolute atomic E-state index is 12.7. The summed E-state index contributed by atoms with van der Waals surface area (Å²) in [5.41, 5.74) is 10.4. The summed E-state index contributed by atoms with van der Waals surface area (Å²) in [5.74, 6) is 0.281. The van der Waals surface area contributed by atoms with Crippen molar-refractivity contribution >= 4 is 23.1 Å². The summed E-state index contributed by atoms with van der Waals surface area (Å²) in [4.78, 5) is 17.1. The van der Waals surface area contributed by atoms with Crippen LogP contribution in [0, 0.1) is 6.92 Å². The maximum atomic E-state index is 12.7. The van der Waals surface area contributed by atoms with Gasteiger partial charge in [0, 0.05) is 17.8 Å². The lowest BCUT2D eigenvalue weighted by atomic mass is 10.1. The van der Waals surface area contributed by atoms with Crippen LogP contribution in [0.25, 0.3) is 0 Å². The molecule has 0 spiro atoms. The fourth-order valence-corrected chi connectivity index (χ4v) is 3.55. The fourth-order valence-electron chi connectivity index (χ4n) is 3.55. The van der Waals surface area contributed by atoms with E-state index < -0.39 is 0 Å². The summed E-state index contributed by atoms with van der Waals surface area (Å²) in [6.07, 6.45) is 1.62. The highest BCUT2D eigenvalue weighted by molar-refractivity contribution is 5.94. The number of benzene rings is 2. The van der Waals surface area contributed by atoms with Gasteiger partial charge in [-0.1, -0.05) is 36.4 Å². The molecule has 6 heteroatoms. The molecule has 0 fully saturated rings. The second-order valence-electron chi connectivity index (χ2n) is 7.11. The zero-order valence-corrected chi connectivity index (χ0v) is 15.6. The quantitative estimate of drug-likeness (QED) is 0.525. The van der Waals surface area contributed by atoms with Crippen LogP contribution in [0.4, 0.5) is 17.2 Å². The second kappa shape index (κ2) is 7.23. The molecule has 0 saturated carbocycles. The molecule has 0 atom stereocenters. The van der Waals surface area contributed by atoms with Crippen molar-refractivity contribution in [1.82, 2.24) is 10.3 Å². The van der Waals surface area contributed by atoms with E-state index in [1.54, 1.807) is 18.2 Å². The monoisotopic (exact) mass is 374 g/mol. The number of anilines is 3. The highest BCUT2D eigenvalue weighted by Gasteiger charge is 2.23. The van der Waals surface area contributed by atoms with Gasteiger partial charge in [-0.15, -0.1) is 0 Å². The van der Waals surface area contributed by atoms with Crippen molar-refractivity contribution in [2.75, 3.05) is 11.1 Å². The molecule has 4 rings (SSSR count). The Balaban J connectivity index is 1.51. The number of carbonyl (C=O) groups is 1. The first-order chi connectivity index (χ1) is 13.5. The van der Waals surface area contributed by atoms with Gasteiger partial charge in [0.15, 0.2) is 0 Å². The lowest BCUT2D eigenvalue weighted by Gasteiger charge is -2.14. The van der Waals surface area contributed by atoms with Crippen molar-refractivity contribution in [3.8, 4) is 5.75 Å². The van der Waals surface area contributed by atoms with Crippen molar-refractivity contribution in [1.29, 1.82) is 0 Å². The number of nitrogens with one attached hydrogen (secondary N) is 2. The number of pyridine rings is 1. The summed E-state index contributed by atoms with van der Waals surface area (Å²) >= 11 is 0. The highest BCUT2D eigenvalue weighted by atomic mass is 16.3. The van der Waals surface area contributed by atoms with Gasteiger partial charge in [-0.25, -0.2) is 4.98 Å². The van der Waals surface area contributed by atoms with Crippen LogP contribution >= 0.6 is 0 Å². The molecule has 0 radical (unpaired) electrons. The van der Waals surface area contributed by atoms with Crippen molar-refractivity contribution in [2.45, 2.75) is 25.8 Å². The van der Waals surface area contributed by atoms with E-state index in [2.05, 4.69) is 27.8 Å². The number of nitrogens with zero attached hydrogens (tertiary/aromatic N) is 1. The Morgan fingerprint density at radius 2 is 1.82 bits per heavy atom. The van der Waals surface area contributed by atoms with E-state index in [9.17, 15) is 9.90 Å². The number of phenols is 1. The number of aromatic hydroxyl groups is 1.